The Morgan fingerprint density at radius 1 is 1.33 bits per heavy atom. The van der Waals surface area contributed by atoms with Crippen LogP contribution in [0.1, 0.15) is 35.7 Å². The van der Waals surface area contributed by atoms with Crippen molar-refractivity contribution in [1.82, 2.24) is 24.1 Å². The van der Waals surface area contributed by atoms with Gasteiger partial charge in [-0.1, -0.05) is 0 Å². The van der Waals surface area contributed by atoms with E-state index in [2.05, 4.69) is 21.5 Å². The maximum atomic E-state index is 11.7. The van der Waals surface area contributed by atoms with Crippen molar-refractivity contribution in [1.29, 1.82) is 5.26 Å². The SMILES string of the molecule is CCn1c(Cn2ccnc2-c2nc(C#N)cs2)nc2cc(C(C)=O)ccc21. The average Bonchev–Trinajstić information content (AvgIpc) is 3.38. The molecule has 3 heterocycles. The minimum atomic E-state index is 0.0264. The van der Waals surface area contributed by atoms with Crippen molar-refractivity contribution in [2.45, 2.75) is 26.9 Å². The van der Waals surface area contributed by atoms with Gasteiger partial charge >= 0.3 is 0 Å². The summed E-state index contributed by atoms with van der Waals surface area (Å²) in [6, 6.07) is 7.67. The van der Waals surface area contributed by atoms with Crippen molar-refractivity contribution in [2.24, 2.45) is 0 Å². The number of hydrogen-bond acceptors (Lipinski definition) is 6. The van der Waals surface area contributed by atoms with Gasteiger partial charge in [0, 0.05) is 29.9 Å². The van der Waals surface area contributed by atoms with Crippen molar-refractivity contribution in [2.75, 3.05) is 0 Å². The van der Waals surface area contributed by atoms with Gasteiger partial charge in [-0.25, -0.2) is 15.0 Å². The molecule has 27 heavy (non-hydrogen) atoms. The van der Waals surface area contributed by atoms with E-state index in [1.807, 2.05) is 35.0 Å². The molecule has 0 aliphatic carbocycles. The van der Waals surface area contributed by atoms with E-state index in [0.717, 1.165) is 23.4 Å². The van der Waals surface area contributed by atoms with Gasteiger partial charge in [-0.3, -0.25) is 4.79 Å². The van der Waals surface area contributed by atoms with Gasteiger partial charge in [-0.2, -0.15) is 5.26 Å². The maximum Gasteiger partial charge on any atom is 0.169 e. The zero-order chi connectivity index (χ0) is 19.0. The van der Waals surface area contributed by atoms with E-state index in [-0.39, 0.29) is 5.78 Å². The van der Waals surface area contributed by atoms with Crippen molar-refractivity contribution in [3.8, 4) is 16.9 Å². The smallest absolute Gasteiger partial charge is 0.169 e. The number of rotatable bonds is 5. The Bertz CT molecular complexity index is 1190. The number of benzene rings is 1. The molecule has 0 unspecified atom stereocenters. The lowest BCUT2D eigenvalue weighted by molar-refractivity contribution is 0.101. The molecule has 7 nitrogen and oxygen atoms in total. The second-order valence-corrected chi connectivity index (χ2v) is 6.92. The number of imidazole rings is 2. The summed E-state index contributed by atoms with van der Waals surface area (Å²) in [7, 11) is 0. The molecule has 3 aromatic heterocycles. The van der Waals surface area contributed by atoms with Crippen LogP contribution in [0, 0.1) is 11.3 Å². The number of nitrogens with zero attached hydrogens (tertiary/aromatic N) is 6. The molecule has 4 rings (SSSR count). The number of fused-ring (bicyclic) bond motifs is 1. The quantitative estimate of drug-likeness (QED) is 0.497. The average molecular weight is 376 g/mol. The third-order valence-corrected chi connectivity index (χ3v) is 5.23. The third kappa shape index (κ3) is 3.02. The molecule has 0 atom stereocenters. The number of carbonyl (C=O) groups excluding carboxylic acids is 1. The normalized spacial score (nSPS) is 11.0. The molecule has 0 N–H and O–H groups in total. The molecule has 4 aromatic rings. The largest absolute Gasteiger partial charge is 0.327 e. The predicted octanol–water partition coefficient (Wildman–Crippen LogP) is 3.50. The second-order valence-electron chi connectivity index (χ2n) is 6.06. The number of Topliss-reactive ketones (excluding diaryl/α,β-unsaturated/α-hetero) is 1. The topological polar surface area (TPSA) is 89.4 Å². The van der Waals surface area contributed by atoms with Gasteiger partial charge in [0.1, 0.15) is 11.9 Å². The van der Waals surface area contributed by atoms with Gasteiger partial charge < -0.3 is 9.13 Å². The Kier molecular flexibility index (Phi) is 4.30. The Morgan fingerprint density at radius 2 is 2.19 bits per heavy atom. The number of carbonyl (C=O) groups is 1. The molecular formula is C19H16N6OS. The number of ketones is 1. The van der Waals surface area contributed by atoms with Gasteiger partial charge in [0.2, 0.25) is 0 Å². The molecule has 0 fully saturated rings. The molecular weight excluding hydrogens is 360 g/mol. The molecule has 0 aliphatic heterocycles. The monoisotopic (exact) mass is 376 g/mol. The Morgan fingerprint density at radius 3 is 2.89 bits per heavy atom. The fourth-order valence-electron chi connectivity index (χ4n) is 3.09. The van der Waals surface area contributed by atoms with E-state index in [4.69, 9.17) is 10.2 Å². The Labute approximate surface area is 159 Å². The number of aryl methyl sites for hydroxylation is 1. The highest BCUT2D eigenvalue weighted by Gasteiger charge is 2.15. The van der Waals surface area contributed by atoms with E-state index in [9.17, 15) is 4.79 Å². The van der Waals surface area contributed by atoms with Gasteiger partial charge in [0.25, 0.3) is 0 Å². The number of aromatic nitrogens is 5. The van der Waals surface area contributed by atoms with E-state index >= 15 is 0 Å². The third-order valence-electron chi connectivity index (χ3n) is 4.39. The summed E-state index contributed by atoms with van der Waals surface area (Å²) in [4.78, 5) is 25.1. The van der Waals surface area contributed by atoms with E-state index in [1.54, 1.807) is 18.5 Å². The van der Waals surface area contributed by atoms with Crippen LogP contribution in [0.2, 0.25) is 0 Å². The first-order valence-electron chi connectivity index (χ1n) is 8.48. The van der Waals surface area contributed by atoms with Crippen molar-refractivity contribution < 1.29 is 4.79 Å². The predicted molar refractivity (Wildman–Crippen MR) is 103 cm³/mol. The summed E-state index contributed by atoms with van der Waals surface area (Å²) in [6.45, 7) is 4.92. The minimum absolute atomic E-state index is 0.0264. The van der Waals surface area contributed by atoms with Gasteiger partial charge in [0.05, 0.1) is 17.6 Å². The summed E-state index contributed by atoms with van der Waals surface area (Å²) < 4.78 is 4.10. The zero-order valence-electron chi connectivity index (χ0n) is 14.9. The van der Waals surface area contributed by atoms with Crippen LogP contribution in [0.3, 0.4) is 0 Å². The fourth-order valence-corrected chi connectivity index (χ4v) is 3.84. The van der Waals surface area contributed by atoms with Crippen LogP contribution in [0.15, 0.2) is 36.0 Å². The standard InChI is InChI=1S/C19H16N6OS/c1-3-25-16-5-4-13(12(2)26)8-15(16)23-17(25)10-24-7-6-21-18(24)19-22-14(9-20)11-27-19/h4-8,11H,3,10H2,1-2H3. The molecule has 0 amide bonds. The lowest BCUT2D eigenvalue weighted by Crippen LogP contribution is -2.08. The summed E-state index contributed by atoms with van der Waals surface area (Å²) in [5.41, 5.74) is 2.86. The molecule has 134 valence electrons. The highest BCUT2D eigenvalue weighted by atomic mass is 32.1. The fraction of sp³-hybridized carbons (Fsp3) is 0.211. The van der Waals surface area contributed by atoms with Gasteiger partial charge in [0.15, 0.2) is 22.3 Å². The van der Waals surface area contributed by atoms with Crippen LogP contribution in [-0.4, -0.2) is 29.9 Å². The Hall–Kier alpha value is -3.31. The van der Waals surface area contributed by atoms with Crippen molar-refractivity contribution in [3.05, 3.63) is 53.1 Å². The molecule has 0 spiro atoms. The van der Waals surface area contributed by atoms with Crippen LogP contribution in [0.4, 0.5) is 0 Å². The first-order chi connectivity index (χ1) is 13.1. The van der Waals surface area contributed by atoms with Crippen LogP contribution >= 0.6 is 11.3 Å². The molecule has 0 saturated heterocycles. The summed E-state index contributed by atoms with van der Waals surface area (Å²) in [5, 5.41) is 11.4. The van der Waals surface area contributed by atoms with Crippen LogP contribution in [-0.2, 0) is 13.1 Å². The zero-order valence-corrected chi connectivity index (χ0v) is 15.7. The second kappa shape index (κ2) is 6.78. The minimum Gasteiger partial charge on any atom is -0.327 e. The first-order valence-corrected chi connectivity index (χ1v) is 9.36. The lowest BCUT2D eigenvalue weighted by Gasteiger charge is -2.08. The molecule has 0 radical (unpaired) electrons. The van der Waals surface area contributed by atoms with E-state index in [0.29, 0.717) is 28.6 Å². The van der Waals surface area contributed by atoms with Crippen LogP contribution in [0.5, 0.6) is 0 Å². The molecule has 0 aliphatic rings. The van der Waals surface area contributed by atoms with Crippen molar-refractivity contribution in [3.63, 3.8) is 0 Å². The molecule has 0 bridgehead atoms. The van der Waals surface area contributed by atoms with Crippen LogP contribution in [0.25, 0.3) is 21.9 Å². The van der Waals surface area contributed by atoms with Gasteiger partial charge in [-0.05, 0) is 32.0 Å². The highest BCUT2D eigenvalue weighted by molar-refractivity contribution is 7.13. The number of thiazole rings is 1. The van der Waals surface area contributed by atoms with Crippen LogP contribution < -0.4 is 0 Å². The van der Waals surface area contributed by atoms with E-state index < -0.39 is 0 Å². The molecule has 1 aromatic carbocycles. The first kappa shape index (κ1) is 17.1. The summed E-state index contributed by atoms with van der Waals surface area (Å²) >= 11 is 1.40. The summed E-state index contributed by atoms with van der Waals surface area (Å²) in [5.74, 6) is 1.61. The highest BCUT2D eigenvalue weighted by Crippen LogP contribution is 2.24. The lowest BCUT2D eigenvalue weighted by atomic mass is 10.1. The number of nitriles is 1. The maximum absolute atomic E-state index is 11.7. The number of hydrogen-bond donors (Lipinski definition) is 0. The molecule has 8 heteroatoms. The Balaban J connectivity index is 1.75. The van der Waals surface area contributed by atoms with Crippen molar-refractivity contribution >= 4 is 28.2 Å². The summed E-state index contributed by atoms with van der Waals surface area (Å²) in [6.07, 6.45) is 3.60. The van der Waals surface area contributed by atoms with Gasteiger partial charge in [-0.15, -0.1) is 11.3 Å². The molecule has 0 saturated carbocycles. The van der Waals surface area contributed by atoms with E-state index in [1.165, 1.54) is 11.3 Å².